The molecular weight excluding hydrogens is 266 g/mol. The molecule has 0 aliphatic heterocycles. The fourth-order valence-electron chi connectivity index (χ4n) is 2.64. The van der Waals surface area contributed by atoms with E-state index in [-0.39, 0.29) is 0 Å². The minimum atomic E-state index is 0.974. The summed E-state index contributed by atoms with van der Waals surface area (Å²) in [5.41, 5.74) is 7.56. The molecule has 0 amide bonds. The van der Waals surface area contributed by atoms with Crippen LogP contribution in [0.3, 0.4) is 0 Å². The van der Waals surface area contributed by atoms with Gasteiger partial charge < -0.3 is 5.41 Å². The molecule has 0 saturated heterocycles. The summed E-state index contributed by atoms with van der Waals surface area (Å²) in [6, 6.07) is 15.1. The lowest BCUT2D eigenvalue weighted by Crippen LogP contribution is -1.87. The van der Waals surface area contributed by atoms with E-state index in [4.69, 9.17) is 5.41 Å². The third-order valence-corrected chi connectivity index (χ3v) is 3.60. The zero-order chi connectivity index (χ0) is 16.5. The van der Waals surface area contributed by atoms with Gasteiger partial charge in [-0.2, -0.15) is 0 Å². The first-order valence-electron chi connectivity index (χ1n) is 8.22. The maximum atomic E-state index is 7.45. The van der Waals surface area contributed by atoms with Crippen LogP contribution in [0.25, 0.3) is 16.7 Å². The van der Waals surface area contributed by atoms with Crippen LogP contribution in [0.15, 0.2) is 48.5 Å². The van der Waals surface area contributed by atoms with Crippen molar-refractivity contribution in [1.82, 2.24) is 0 Å². The molecular formula is C21H27N. The summed E-state index contributed by atoms with van der Waals surface area (Å²) in [5.74, 6) is 0. The van der Waals surface area contributed by atoms with Crippen LogP contribution in [0.2, 0.25) is 0 Å². The Morgan fingerprint density at radius 1 is 0.909 bits per heavy atom. The average Bonchev–Trinajstić information content (AvgIpc) is 2.98. The first kappa shape index (κ1) is 17.9. The summed E-state index contributed by atoms with van der Waals surface area (Å²) in [4.78, 5) is 0. The smallest absolute Gasteiger partial charge is 0.0253 e. The number of hydrogen-bond acceptors (Lipinski definition) is 1. The average molecular weight is 293 g/mol. The van der Waals surface area contributed by atoms with Crippen molar-refractivity contribution >= 4 is 11.8 Å². The molecule has 0 aromatic heterocycles. The lowest BCUT2D eigenvalue weighted by atomic mass is 9.99. The highest BCUT2D eigenvalue weighted by atomic mass is 14.3. The van der Waals surface area contributed by atoms with E-state index in [1.54, 1.807) is 0 Å². The molecule has 0 atom stereocenters. The first-order chi connectivity index (χ1) is 10.8. The number of fused-ring (bicyclic) bond motifs is 3. The summed E-state index contributed by atoms with van der Waals surface area (Å²) in [5, 5.41) is 7.45. The second-order valence-corrected chi connectivity index (χ2v) is 4.59. The van der Waals surface area contributed by atoms with Gasteiger partial charge in [0.25, 0.3) is 0 Å². The Labute approximate surface area is 135 Å². The molecule has 2 aromatic carbocycles. The Kier molecular flexibility index (Phi) is 7.31. The highest BCUT2D eigenvalue weighted by Gasteiger charge is 2.18. The molecule has 0 unspecified atom stereocenters. The maximum Gasteiger partial charge on any atom is 0.0253 e. The van der Waals surface area contributed by atoms with Crippen molar-refractivity contribution in [2.45, 2.75) is 41.0 Å². The van der Waals surface area contributed by atoms with E-state index in [0.717, 1.165) is 17.6 Å². The molecule has 2 aromatic rings. The van der Waals surface area contributed by atoms with Crippen LogP contribution in [0.5, 0.6) is 0 Å². The Morgan fingerprint density at radius 2 is 1.55 bits per heavy atom. The molecule has 1 heteroatoms. The Morgan fingerprint density at radius 3 is 2.18 bits per heavy atom. The minimum Gasteiger partial charge on any atom is -0.308 e. The van der Waals surface area contributed by atoms with Crippen molar-refractivity contribution in [2.75, 3.05) is 0 Å². The fraction of sp³-hybridized carbons (Fsp3) is 0.286. The van der Waals surface area contributed by atoms with E-state index in [1.807, 2.05) is 40.7 Å². The van der Waals surface area contributed by atoms with Crippen LogP contribution in [-0.4, -0.2) is 6.21 Å². The number of nitrogens with one attached hydrogen (secondary N) is 1. The number of benzene rings is 2. The molecule has 1 aliphatic rings. The van der Waals surface area contributed by atoms with Crippen LogP contribution in [0.1, 0.15) is 51.3 Å². The zero-order valence-corrected chi connectivity index (χ0v) is 14.4. The molecule has 116 valence electrons. The van der Waals surface area contributed by atoms with Crippen molar-refractivity contribution in [3.05, 3.63) is 65.2 Å². The molecule has 3 rings (SSSR count). The SMILES string of the molecule is C/C=C(\C=N)c1ccc2c(c1)-c1ccccc1C2.CC.CC. The highest BCUT2D eigenvalue weighted by Crippen LogP contribution is 2.37. The van der Waals surface area contributed by atoms with Gasteiger partial charge in [0.05, 0.1) is 0 Å². The Hall–Kier alpha value is -2.15. The first-order valence-corrected chi connectivity index (χ1v) is 8.22. The lowest BCUT2D eigenvalue weighted by Gasteiger charge is -2.05. The number of allylic oxidation sites excluding steroid dienone is 2. The zero-order valence-electron chi connectivity index (χ0n) is 14.4. The maximum absolute atomic E-state index is 7.45. The van der Waals surface area contributed by atoms with E-state index in [1.165, 1.54) is 28.5 Å². The fourth-order valence-corrected chi connectivity index (χ4v) is 2.64. The standard InChI is InChI=1S/C17H15N.2C2H6/c1-2-12(11-18)13-7-8-15-9-14-5-3-4-6-16(14)17(15)10-13;2*1-2/h2-8,10-11,18H,9H2,1H3;2*1-2H3/b12-2+,18-11?;;. The van der Waals surface area contributed by atoms with Crippen LogP contribution < -0.4 is 0 Å². The summed E-state index contributed by atoms with van der Waals surface area (Å²) < 4.78 is 0. The van der Waals surface area contributed by atoms with Gasteiger partial charge in [0.1, 0.15) is 0 Å². The van der Waals surface area contributed by atoms with Crippen LogP contribution in [0.4, 0.5) is 0 Å². The molecule has 0 radical (unpaired) electrons. The molecule has 0 heterocycles. The lowest BCUT2D eigenvalue weighted by molar-refractivity contribution is 1.26. The molecule has 1 nitrogen and oxygen atoms in total. The van der Waals surface area contributed by atoms with Gasteiger partial charge >= 0.3 is 0 Å². The van der Waals surface area contributed by atoms with E-state index in [9.17, 15) is 0 Å². The summed E-state index contributed by atoms with van der Waals surface area (Å²) in [7, 11) is 0. The predicted molar refractivity (Wildman–Crippen MR) is 99.8 cm³/mol. The van der Waals surface area contributed by atoms with Crippen LogP contribution >= 0.6 is 0 Å². The molecule has 1 aliphatic carbocycles. The van der Waals surface area contributed by atoms with Crippen molar-refractivity contribution < 1.29 is 0 Å². The minimum absolute atomic E-state index is 0.974. The largest absolute Gasteiger partial charge is 0.308 e. The number of hydrogen-bond donors (Lipinski definition) is 1. The Balaban J connectivity index is 0.000000561. The van der Waals surface area contributed by atoms with Gasteiger partial charge in [-0.25, -0.2) is 0 Å². The van der Waals surface area contributed by atoms with Crippen LogP contribution in [-0.2, 0) is 6.42 Å². The Bertz CT molecular complexity index is 651. The van der Waals surface area contributed by atoms with Crippen LogP contribution in [0, 0.1) is 5.41 Å². The molecule has 0 spiro atoms. The third kappa shape index (κ3) is 3.54. The van der Waals surface area contributed by atoms with Gasteiger partial charge in [-0.15, -0.1) is 0 Å². The van der Waals surface area contributed by atoms with E-state index in [0.29, 0.717) is 0 Å². The molecule has 0 saturated carbocycles. The molecule has 0 fully saturated rings. The quantitative estimate of drug-likeness (QED) is 0.531. The van der Waals surface area contributed by atoms with Crippen molar-refractivity contribution in [2.24, 2.45) is 0 Å². The van der Waals surface area contributed by atoms with Crippen molar-refractivity contribution in [1.29, 1.82) is 5.41 Å². The summed E-state index contributed by atoms with van der Waals surface area (Å²) in [6.07, 6.45) is 4.43. The van der Waals surface area contributed by atoms with Gasteiger partial charge in [-0.05, 0) is 52.8 Å². The van der Waals surface area contributed by atoms with Gasteiger partial charge in [0.15, 0.2) is 0 Å². The summed E-state index contributed by atoms with van der Waals surface area (Å²) >= 11 is 0. The molecule has 1 N–H and O–H groups in total. The van der Waals surface area contributed by atoms with E-state index < -0.39 is 0 Å². The molecule has 22 heavy (non-hydrogen) atoms. The van der Waals surface area contributed by atoms with E-state index in [2.05, 4.69) is 42.5 Å². The third-order valence-electron chi connectivity index (χ3n) is 3.60. The highest BCUT2D eigenvalue weighted by molar-refractivity contribution is 6.08. The van der Waals surface area contributed by atoms with E-state index >= 15 is 0 Å². The normalized spacial score (nSPS) is 11.2. The topological polar surface area (TPSA) is 23.9 Å². The molecule has 0 bridgehead atoms. The van der Waals surface area contributed by atoms with Gasteiger partial charge in [0, 0.05) is 6.21 Å². The van der Waals surface area contributed by atoms with Gasteiger partial charge in [0.2, 0.25) is 0 Å². The predicted octanol–water partition coefficient (Wildman–Crippen LogP) is 6.36. The summed E-state index contributed by atoms with van der Waals surface area (Å²) in [6.45, 7) is 9.97. The van der Waals surface area contributed by atoms with Crippen molar-refractivity contribution in [3.63, 3.8) is 0 Å². The second kappa shape index (κ2) is 8.99. The number of rotatable bonds is 2. The second-order valence-electron chi connectivity index (χ2n) is 4.59. The van der Waals surface area contributed by atoms with Gasteiger partial charge in [-0.3, -0.25) is 0 Å². The van der Waals surface area contributed by atoms with Crippen molar-refractivity contribution in [3.8, 4) is 11.1 Å². The van der Waals surface area contributed by atoms with Gasteiger partial charge in [-0.1, -0.05) is 70.2 Å². The monoisotopic (exact) mass is 293 g/mol.